The van der Waals surface area contributed by atoms with Gasteiger partial charge in [0.05, 0.1) is 35.3 Å². The van der Waals surface area contributed by atoms with Crippen LogP contribution in [0.4, 0.5) is 29.2 Å². The lowest BCUT2D eigenvalue weighted by atomic mass is 9.90. The zero-order valence-electron chi connectivity index (χ0n) is 22.9. The van der Waals surface area contributed by atoms with Gasteiger partial charge in [-0.2, -0.15) is 13.2 Å². The average Bonchev–Trinajstić information content (AvgIpc) is 2.88. The molecule has 2 N–H and O–H groups in total. The number of aromatic nitrogens is 3. The fraction of sp³-hybridized carbons (Fsp3) is 0.519. The number of halogens is 4. The lowest BCUT2D eigenvalue weighted by molar-refractivity contribution is -0.129. The Morgan fingerprint density at radius 1 is 1.07 bits per heavy atom. The number of sulfonamides is 1. The van der Waals surface area contributed by atoms with Gasteiger partial charge in [0.25, 0.3) is 0 Å². The molecule has 4 rings (SSSR count). The molecular formula is C27H34F4N6O2S. The van der Waals surface area contributed by atoms with Crippen molar-refractivity contribution >= 4 is 32.7 Å². The monoisotopic (exact) mass is 582 g/mol. The first-order chi connectivity index (χ1) is 18.7. The zero-order valence-corrected chi connectivity index (χ0v) is 23.7. The highest BCUT2D eigenvalue weighted by Gasteiger charge is 2.30. The second-order valence-corrected chi connectivity index (χ2v) is 12.6. The second-order valence-electron chi connectivity index (χ2n) is 10.8. The topological polar surface area (TPSA) is 100 Å². The fourth-order valence-corrected chi connectivity index (χ4v) is 5.95. The fourth-order valence-electron chi connectivity index (χ4n) is 4.85. The predicted octanol–water partition coefficient (Wildman–Crippen LogP) is 5.93. The lowest BCUT2D eigenvalue weighted by Gasteiger charge is -2.32. The van der Waals surface area contributed by atoms with Crippen LogP contribution in [0.5, 0.6) is 0 Å². The van der Waals surface area contributed by atoms with Gasteiger partial charge in [0, 0.05) is 17.6 Å². The largest absolute Gasteiger partial charge is 0.390 e. The highest BCUT2D eigenvalue weighted by molar-refractivity contribution is 7.92. The minimum atomic E-state index is -4.64. The summed E-state index contributed by atoms with van der Waals surface area (Å²) in [6, 6.07) is 6.42. The Hall–Kier alpha value is -3.06. The van der Waals surface area contributed by atoms with Gasteiger partial charge < -0.3 is 10.2 Å². The van der Waals surface area contributed by atoms with Crippen molar-refractivity contribution in [3.8, 4) is 11.3 Å². The molecule has 0 saturated heterocycles. The number of rotatable bonds is 9. The number of benzene rings is 1. The van der Waals surface area contributed by atoms with E-state index in [0.29, 0.717) is 34.3 Å². The highest BCUT2D eigenvalue weighted by Crippen LogP contribution is 2.31. The summed E-state index contributed by atoms with van der Waals surface area (Å²) in [5.74, 6) is -1.53. The molecule has 1 aromatic carbocycles. The maximum Gasteiger partial charge on any atom is 0.390 e. The van der Waals surface area contributed by atoms with Gasteiger partial charge in [-0.15, -0.1) is 0 Å². The Kier molecular flexibility index (Phi) is 8.83. The molecule has 0 atom stereocenters. The Morgan fingerprint density at radius 3 is 2.38 bits per heavy atom. The molecule has 0 bridgehead atoms. The number of nitrogens with one attached hydrogen (secondary N) is 2. The third-order valence-corrected chi connectivity index (χ3v) is 8.42. The van der Waals surface area contributed by atoms with E-state index in [2.05, 4.69) is 34.3 Å². The Labute approximate surface area is 231 Å². The average molecular weight is 583 g/mol. The van der Waals surface area contributed by atoms with Gasteiger partial charge in [-0.1, -0.05) is 19.9 Å². The van der Waals surface area contributed by atoms with Crippen molar-refractivity contribution < 1.29 is 26.0 Å². The Bertz CT molecular complexity index is 1460. The number of alkyl halides is 3. The van der Waals surface area contributed by atoms with Gasteiger partial charge in [-0.25, -0.2) is 27.8 Å². The van der Waals surface area contributed by atoms with Crippen molar-refractivity contribution in [1.29, 1.82) is 0 Å². The van der Waals surface area contributed by atoms with Crippen LogP contribution in [0.15, 0.2) is 30.5 Å². The molecule has 1 aliphatic carbocycles. The number of anilines is 2. The molecule has 0 unspecified atom stereocenters. The summed E-state index contributed by atoms with van der Waals surface area (Å²) < 4.78 is 78.0. The summed E-state index contributed by atoms with van der Waals surface area (Å²) >= 11 is 0. The van der Waals surface area contributed by atoms with E-state index in [1.807, 2.05) is 24.6 Å². The van der Waals surface area contributed by atoms with Crippen molar-refractivity contribution in [2.24, 2.45) is 0 Å². The molecule has 1 saturated carbocycles. The molecule has 13 heteroatoms. The minimum Gasteiger partial charge on any atom is -0.351 e. The number of pyridine rings is 1. The number of nitrogens with zero attached hydrogens (tertiary/aromatic N) is 4. The molecule has 0 spiro atoms. The lowest BCUT2D eigenvalue weighted by Crippen LogP contribution is -2.36. The van der Waals surface area contributed by atoms with E-state index in [4.69, 9.17) is 4.98 Å². The molecule has 0 aliphatic heterocycles. The summed E-state index contributed by atoms with van der Waals surface area (Å²) in [4.78, 5) is 16.1. The van der Waals surface area contributed by atoms with Crippen LogP contribution in [0.2, 0.25) is 0 Å². The van der Waals surface area contributed by atoms with E-state index in [1.165, 1.54) is 12.1 Å². The summed E-state index contributed by atoms with van der Waals surface area (Å²) in [6.07, 6.45) is -0.283. The van der Waals surface area contributed by atoms with Crippen molar-refractivity contribution in [1.82, 2.24) is 19.9 Å². The molecule has 2 aromatic heterocycles. The Morgan fingerprint density at radius 2 is 1.77 bits per heavy atom. The van der Waals surface area contributed by atoms with Gasteiger partial charge in [-0.05, 0) is 69.5 Å². The van der Waals surface area contributed by atoms with Gasteiger partial charge in [0.15, 0.2) is 0 Å². The molecule has 2 heterocycles. The van der Waals surface area contributed by atoms with Crippen LogP contribution in [0.1, 0.15) is 57.4 Å². The van der Waals surface area contributed by atoms with Crippen LogP contribution in [0, 0.1) is 5.82 Å². The maximum absolute atomic E-state index is 14.8. The SMILES string of the molecule is CC(C)c1cc(-c2ccc(NS(=O)(=O)CCC(F)(F)F)c(F)c2)nc2cnc(N[C@H]3CC[C@H](N(C)C)CC3)nc12. The van der Waals surface area contributed by atoms with Crippen LogP contribution in [0.3, 0.4) is 0 Å². The third kappa shape index (κ3) is 7.57. The van der Waals surface area contributed by atoms with E-state index in [9.17, 15) is 26.0 Å². The van der Waals surface area contributed by atoms with Gasteiger partial charge in [0.1, 0.15) is 11.3 Å². The smallest absolute Gasteiger partial charge is 0.351 e. The number of hydrogen-bond acceptors (Lipinski definition) is 7. The summed E-state index contributed by atoms with van der Waals surface area (Å²) in [6.45, 7) is 4.02. The molecule has 40 heavy (non-hydrogen) atoms. The molecule has 3 aromatic rings. The van der Waals surface area contributed by atoms with Crippen LogP contribution in [-0.4, -0.2) is 66.4 Å². The highest BCUT2D eigenvalue weighted by atomic mass is 32.2. The predicted molar refractivity (Wildman–Crippen MR) is 148 cm³/mol. The van der Waals surface area contributed by atoms with E-state index in [0.717, 1.165) is 37.3 Å². The van der Waals surface area contributed by atoms with Gasteiger partial charge >= 0.3 is 6.18 Å². The maximum atomic E-state index is 14.8. The van der Waals surface area contributed by atoms with Crippen molar-refractivity contribution in [2.45, 2.75) is 70.1 Å². The molecule has 1 aliphatic rings. The molecule has 1 fully saturated rings. The standard InChI is InChI=1S/C27H34F4N6O2S/c1-16(2)20-14-23(17-5-10-22(21(28)13-17)36-40(38,39)12-11-27(29,30)31)34-24-15-32-26(35-25(20)24)33-18-6-8-19(9-7-18)37(3)4/h5,10,13-16,18-19,36H,6-9,11-12H2,1-4H3,(H,32,33,35)/t18-,19-. The first-order valence-electron chi connectivity index (χ1n) is 13.2. The quantitative estimate of drug-likeness (QED) is 0.302. The minimum absolute atomic E-state index is 0.0621. The summed E-state index contributed by atoms with van der Waals surface area (Å²) in [7, 11) is -0.179. The Balaban J connectivity index is 1.56. The normalized spacial score (nSPS) is 18.4. The third-order valence-electron chi connectivity index (χ3n) is 7.14. The van der Waals surface area contributed by atoms with Crippen LogP contribution < -0.4 is 10.0 Å². The van der Waals surface area contributed by atoms with E-state index in [1.54, 1.807) is 6.20 Å². The molecule has 218 valence electrons. The first-order valence-corrected chi connectivity index (χ1v) is 14.8. The van der Waals surface area contributed by atoms with E-state index >= 15 is 0 Å². The molecular weight excluding hydrogens is 548 g/mol. The molecule has 0 radical (unpaired) electrons. The number of hydrogen-bond donors (Lipinski definition) is 2. The summed E-state index contributed by atoms with van der Waals surface area (Å²) in [5.41, 5.74) is 2.48. The van der Waals surface area contributed by atoms with Gasteiger partial charge in [-0.3, -0.25) is 4.72 Å². The number of fused-ring (bicyclic) bond motifs is 1. The van der Waals surface area contributed by atoms with Gasteiger partial charge in [0.2, 0.25) is 16.0 Å². The molecule has 0 amide bonds. The van der Waals surface area contributed by atoms with E-state index < -0.39 is 39.9 Å². The van der Waals surface area contributed by atoms with Crippen LogP contribution in [0.25, 0.3) is 22.3 Å². The molecule has 8 nitrogen and oxygen atoms in total. The van der Waals surface area contributed by atoms with Crippen molar-refractivity contribution in [3.05, 3.63) is 41.8 Å². The first kappa shape index (κ1) is 29.9. The second kappa shape index (κ2) is 11.8. The van der Waals surface area contributed by atoms with Crippen LogP contribution >= 0.6 is 0 Å². The zero-order chi connectivity index (χ0) is 29.2. The van der Waals surface area contributed by atoms with Crippen LogP contribution in [-0.2, 0) is 10.0 Å². The van der Waals surface area contributed by atoms with Crippen molar-refractivity contribution in [3.63, 3.8) is 0 Å². The summed E-state index contributed by atoms with van der Waals surface area (Å²) in [5, 5.41) is 3.46. The van der Waals surface area contributed by atoms with E-state index in [-0.39, 0.29) is 12.0 Å². The van der Waals surface area contributed by atoms with Crippen molar-refractivity contribution in [2.75, 3.05) is 29.9 Å².